The van der Waals surface area contributed by atoms with Gasteiger partial charge in [0.15, 0.2) is 5.78 Å². The number of aliphatic hydroxyl groups excluding tert-OH is 1. The fourth-order valence-electron chi connectivity index (χ4n) is 3.76. The van der Waals surface area contributed by atoms with Crippen LogP contribution in [0.4, 0.5) is 0 Å². The van der Waals surface area contributed by atoms with E-state index in [1.54, 1.807) is 0 Å². The van der Waals surface area contributed by atoms with Crippen LogP contribution in [-0.2, 0) is 12.8 Å². The van der Waals surface area contributed by atoms with Crippen LogP contribution in [0.3, 0.4) is 0 Å². The van der Waals surface area contributed by atoms with Gasteiger partial charge in [-0.05, 0) is 49.1 Å². The van der Waals surface area contributed by atoms with E-state index in [2.05, 4.69) is 36.5 Å². The van der Waals surface area contributed by atoms with E-state index < -0.39 is 6.10 Å². The molecule has 4 nitrogen and oxygen atoms in total. The van der Waals surface area contributed by atoms with Gasteiger partial charge in [0.25, 0.3) is 0 Å². The number of rotatable bonds is 13. The number of hydrogen-bond acceptors (Lipinski definition) is 4. The van der Waals surface area contributed by atoms with Gasteiger partial charge in [0, 0.05) is 12.5 Å². The summed E-state index contributed by atoms with van der Waals surface area (Å²) in [6.45, 7) is 3.55. The zero-order valence-electron chi connectivity index (χ0n) is 18.7. The molecule has 168 valence electrons. The van der Waals surface area contributed by atoms with Crippen molar-refractivity contribution in [2.45, 2.75) is 32.3 Å². The fraction of sp³-hybridized carbons (Fsp3) is 0.321. The van der Waals surface area contributed by atoms with E-state index in [-0.39, 0.29) is 18.3 Å². The molecule has 0 aliphatic carbocycles. The van der Waals surface area contributed by atoms with Gasteiger partial charge < -0.3 is 15.2 Å². The topological polar surface area (TPSA) is 58.6 Å². The average Bonchev–Trinajstić information content (AvgIpc) is 2.83. The molecule has 0 saturated heterocycles. The molecule has 1 unspecified atom stereocenters. The molecule has 32 heavy (non-hydrogen) atoms. The largest absolute Gasteiger partial charge is 0.490 e. The molecular weight excluding hydrogens is 398 g/mol. The van der Waals surface area contributed by atoms with Crippen LogP contribution in [0.1, 0.15) is 34.8 Å². The van der Waals surface area contributed by atoms with Crippen LogP contribution >= 0.6 is 0 Å². The van der Waals surface area contributed by atoms with Crippen molar-refractivity contribution < 1.29 is 14.6 Å². The molecule has 0 heterocycles. The van der Waals surface area contributed by atoms with Crippen LogP contribution in [-0.4, -0.2) is 36.7 Å². The number of ether oxygens (including phenoxy) is 1. The number of ketones is 1. The van der Waals surface area contributed by atoms with Gasteiger partial charge in [0.2, 0.25) is 0 Å². The molecule has 0 radical (unpaired) electrons. The van der Waals surface area contributed by atoms with Crippen molar-refractivity contribution in [1.82, 2.24) is 5.32 Å². The molecule has 0 amide bonds. The van der Waals surface area contributed by atoms with Crippen LogP contribution in [0, 0.1) is 5.92 Å². The molecule has 0 saturated carbocycles. The monoisotopic (exact) mass is 431 g/mol. The second-order valence-electron chi connectivity index (χ2n) is 8.11. The first-order valence-electron chi connectivity index (χ1n) is 11.4. The zero-order valence-corrected chi connectivity index (χ0v) is 18.7. The van der Waals surface area contributed by atoms with Gasteiger partial charge in [0.05, 0.1) is 5.56 Å². The number of para-hydroxylation sites is 1. The second-order valence-corrected chi connectivity index (χ2v) is 8.11. The third-order valence-electron chi connectivity index (χ3n) is 5.41. The first kappa shape index (κ1) is 23.7. The molecule has 3 aromatic rings. The van der Waals surface area contributed by atoms with Crippen molar-refractivity contribution in [2.75, 3.05) is 19.7 Å². The predicted octanol–water partition coefficient (Wildman–Crippen LogP) is 4.71. The Morgan fingerprint density at radius 1 is 0.875 bits per heavy atom. The lowest BCUT2D eigenvalue weighted by molar-refractivity contribution is 0.0894. The van der Waals surface area contributed by atoms with E-state index >= 15 is 0 Å². The molecule has 4 heteroatoms. The summed E-state index contributed by atoms with van der Waals surface area (Å²) >= 11 is 0. The van der Waals surface area contributed by atoms with Crippen molar-refractivity contribution in [2.24, 2.45) is 5.92 Å². The second kappa shape index (κ2) is 12.8. The third-order valence-corrected chi connectivity index (χ3v) is 5.41. The SMILES string of the molecule is CCCNCC(O)COc1ccccc1C(=O)C(Cc1ccccc1)Cc1ccccc1. The van der Waals surface area contributed by atoms with Crippen molar-refractivity contribution in [3.05, 3.63) is 102 Å². The first-order chi connectivity index (χ1) is 15.7. The van der Waals surface area contributed by atoms with Crippen LogP contribution in [0.2, 0.25) is 0 Å². The van der Waals surface area contributed by atoms with Crippen LogP contribution in [0.5, 0.6) is 5.75 Å². The third kappa shape index (κ3) is 7.33. The molecule has 0 aromatic heterocycles. The maximum Gasteiger partial charge on any atom is 0.170 e. The van der Waals surface area contributed by atoms with E-state index in [1.807, 2.05) is 60.7 Å². The van der Waals surface area contributed by atoms with Crippen LogP contribution in [0.25, 0.3) is 0 Å². The summed E-state index contributed by atoms with van der Waals surface area (Å²) in [4.78, 5) is 13.7. The summed E-state index contributed by atoms with van der Waals surface area (Å²) in [6.07, 6.45) is 1.70. The number of carbonyl (C=O) groups is 1. The number of nitrogens with one attached hydrogen (secondary N) is 1. The molecule has 3 rings (SSSR count). The smallest absolute Gasteiger partial charge is 0.170 e. The predicted molar refractivity (Wildman–Crippen MR) is 129 cm³/mol. The molecule has 0 aliphatic heterocycles. The summed E-state index contributed by atoms with van der Waals surface area (Å²) in [5.41, 5.74) is 2.84. The highest BCUT2D eigenvalue weighted by molar-refractivity contribution is 6.00. The summed E-state index contributed by atoms with van der Waals surface area (Å²) in [6, 6.07) is 27.6. The summed E-state index contributed by atoms with van der Waals surface area (Å²) < 4.78 is 5.89. The van der Waals surface area contributed by atoms with Crippen LogP contribution < -0.4 is 10.1 Å². The van der Waals surface area contributed by atoms with Crippen molar-refractivity contribution in [3.63, 3.8) is 0 Å². The first-order valence-corrected chi connectivity index (χ1v) is 11.4. The Morgan fingerprint density at radius 2 is 1.44 bits per heavy atom. The number of Topliss-reactive ketones (excluding diaryl/α,β-unsaturated/α-hetero) is 1. The standard InChI is InChI=1S/C28H33NO3/c1-2-17-29-20-25(30)21-32-27-16-10-9-15-26(27)28(31)24(18-22-11-5-3-6-12-22)19-23-13-7-4-8-14-23/h3-16,24-25,29-30H,2,17-21H2,1H3. The summed E-state index contributed by atoms with van der Waals surface area (Å²) in [5, 5.41) is 13.4. The highest BCUT2D eigenvalue weighted by Gasteiger charge is 2.24. The highest BCUT2D eigenvalue weighted by Crippen LogP contribution is 2.26. The normalized spacial score (nSPS) is 12.0. The Bertz CT molecular complexity index is 902. The van der Waals surface area contributed by atoms with Gasteiger partial charge >= 0.3 is 0 Å². The Balaban J connectivity index is 1.76. The molecule has 0 aliphatic rings. The molecule has 2 N–H and O–H groups in total. The van der Waals surface area contributed by atoms with E-state index in [1.165, 1.54) is 0 Å². The zero-order chi connectivity index (χ0) is 22.6. The van der Waals surface area contributed by atoms with Crippen molar-refractivity contribution in [3.8, 4) is 5.75 Å². The van der Waals surface area contributed by atoms with Gasteiger partial charge in [-0.25, -0.2) is 0 Å². The summed E-state index contributed by atoms with van der Waals surface area (Å²) in [5.74, 6) is 0.380. The van der Waals surface area contributed by atoms with Gasteiger partial charge in [0.1, 0.15) is 18.5 Å². The molecule has 3 aromatic carbocycles. The van der Waals surface area contributed by atoms with Crippen molar-refractivity contribution in [1.29, 1.82) is 0 Å². The van der Waals surface area contributed by atoms with Gasteiger partial charge in [-0.3, -0.25) is 4.79 Å². The number of aliphatic hydroxyl groups is 1. The maximum absolute atomic E-state index is 13.7. The Kier molecular flexibility index (Phi) is 9.48. The van der Waals surface area contributed by atoms with Crippen LogP contribution in [0.15, 0.2) is 84.9 Å². The molecule has 0 fully saturated rings. The lowest BCUT2D eigenvalue weighted by Crippen LogP contribution is -2.32. The van der Waals surface area contributed by atoms with E-state index in [4.69, 9.17) is 4.74 Å². The lowest BCUT2D eigenvalue weighted by Gasteiger charge is -2.19. The van der Waals surface area contributed by atoms with Gasteiger partial charge in [-0.1, -0.05) is 79.7 Å². The Morgan fingerprint density at radius 3 is 2.03 bits per heavy atom. The molecule has 0 spiro atoms. The fourth-order valence-corrected chi connectivity index (χ4v) is 3.76. The lowest BCUT2D eigenvalue weighted by atomic mass is 9.86. The number of hydrogen-bond donors (Lipinski definition) is 2. The van der Waals surface area contributed by atoms with E-state index in [9.17, 15) is 9.90 Å². The summed E-state index contributed by atoms with van der Waals surface area (Å²) in [7, 11) is 0. The minimum absolute atomic E-state index is 0.0619. The highest BCUT2D eigenvalue weighted by atomic mass is 16.5. The van der Waals surface area contributed by atoms with Gasteiger partial charge in [-0.2, -0.15) is 0 Å². The molecular formula is C28H33NO3. The average molecular weight is 432 g/mol. The Labute approximate surface area is 191 Å². The molecule has 0 bridgehead atoms. The Hall–Kier alpha value is -2.95. The maximum atomic E-state index is 13.7. The van der Waals surface area contributed by atoms with Crippen molar-refractivity contribution >= 4 is 5.78 Å². The van der Waals surface area contributed by atoms with Gasteiger partial charge in [-0.15, -0.1) is 0 Å². The minimum atomic E-state index is -0.630. The van der Waals surface area contributed by atoms with E-state index in [0.717, 1.165) is 24.1 Å². The van der Waals surface area contributed by atoms with E-state index in [0.29, 0.717) is 30.7 Å². The molecule has 1 atom stereocenters. The number of carbonyl (C=O) groups excluding carboxylic acids is 1. The quantitative estimate of drug-likeness (QED) is 0.304. The number of benzene rings is 3. The minimum Gasteiger partial charge on any atom is -0.490 e.